The second kappa shape index (κ2) is 10.1. The van der Waals surface area contributed by atoms with Crippen LogP contribution in [-0.4, -0.2) is 38.4 Å². The summed E-state index contributed by atoms with van der Waals surface area (Å²) in [5, 5.41) is 11.3. The summed E-state index contributed by atoms with van der Waals surface area (Å²) >= 11 is 5.66. The Kier molecular flexibility index (Phi) is 7.06. The van der Waals surface area contributed by atoms with E-state index in [4.69, 9.17) is 11.6 Å². The Morgan fingerprint density at radius 3 is 2.53 bits per heavy atom. The Morgan fingerprint density at radius 1 is 1.03 bits per heavy atom. The Balaban J connectivity index is 1.79. The van der Waals surface area contributed by atoms with Crippen molar-refractivity contribution >= 4 is 46.4 Å². The summed E-state index contributed by atoms with van der Waals surface area (Å²) < 4.78 is 0. The molecule has 3 aromatic rings. The predicted octanol–water partition coefficient (Wildman–Crippen LogP) is 2.99. The average molecular weight is 427 g/mol. The molecular weight excluding hydrogens is 408 g/mol. The molecule has 3 rings (SSSR count). The highest BCUT2D eigenvalue weighted by Gasteiger charge is 2.13. The number of aromatic nitrogens is 4. The van der Waals surface area contributed by atoms with Crippen molar-refractivity contribution in [1.82, 2.24) is 25.3 Å². The molecule has 0 unspecified atom stereocenters. The van der Waals surface area contributed by atoms with E-state index < -0.39 is 0 Å². The molecular formula is C19H19ClN8O2. The van der Waals surface area contributed by atoms with Gasteiger partial charge in [-0.15, -0.1) is 0 Å². The monoisotopic (exact) mass is 426 g/mol. The van der Waals surface area contributed by atoms with Crippen LogP contribution in [0.5, 0.6) is 0 Å². The van der Waals surface area contributed by atoms with Crippen LogP contribution < -0.4 is 21.3 Å². The Morgan fingerprint density at radius 2 is 1.83 bits per heavy atom. The van der Waals surface area contributed by atoms with Crippen molar-refractivity contribution in [3.63, 3.8) is 0 Å². The van der Waals surface area contributed by atoms with E-state index in [2.05, 4.69) is 41.2 Å². The molecule has 0 spiro atoms. The van der Waals surface area contributed by atoms with Crippen LogP contribution in [0.3, 0.4) is 0 Å². The van der Waals surface area contributed by atoms with Crippen LogP contribution in [0.4, 0.5) is 27.7 Å². The number of hydrogen-bond donors (Lipinski definition) is 4. The summed E-state index contributed by atoms with van der Waals surface area (Å²) in [6.07, 6.45) is 7.69. The first-order valence-corrected chi connectivity index (χ1v) is 9.39. The zero-order valence-corrected chi connectivity index (χ0v) is 16.8. The lowest BCUT2D eigenvalue weighted by Crippen LogP contribution is -2.28. The molecule has 0 aliphatic heterocycles. The lowest BCUT2D eigenvalue weighted by molar-refractivity contribution is -0.115. The van der Waals surface area contributed by atoms with Crippen molar-refractivity contribution in [2.75, 3.05) is 22.5 Å². The van der Waals surface area contributed by atoms with Gasteiger partial charge in [0, 0.05) is 36.3 Å². The SMILES string of the molecule is CCNC(=O)Nc1cc(Nc2cccnc2)c(CC(=O)Nc2cnc(Cl)nc2)cn1. The van der Waals surface area contributed by atoms with Gasteiger partial charge in [-0.2, -0.15) is 0 Å². The molecule has 10 nitrogen and oxygen atoms in total. The minimum absolute atomic E-state index is 0.0274. The number of anilines is 4. The van der Waals surface area contributed by atoms with Crippen LogP contribution in [0.15, 0.2) is 49.2 Å². The Labute approximate surface area is 177 Å². The fourth-order valence-corrected chi connectivity index (χ4v) is 2.58. The number of pyridine rings is 2. The molecule has 0 aliphatic rings. The minimum atomic E-state index is -0.370. The molecule has 154 valence electrons. The van der Waals surface area contributed by atoms with Gasteiger partial charge in [0.25, 0.3) is 0 Å². The van der Waals surface area contributed by atoms with Gasteiger partial charge in [0.1, 0.15) is 5.82 Å². The van der Waals surface area contributed by atoms with Crippen molar-refractivity contribution in [2.45, 2.75) is 13.3 Å². The number of carbonyl (C=O) groups is 2. The van der Waals surface area contributed by atoms with E-state index in [1.165, 1.54) is 18.6 Å². The van der Waals surface area contributed by atoms with Gasteiger partial charge in [0.15, 0.2) is 0 Å². The van der Waals surface area contributed by atoms with E-state index in [1.54, 1.807) is 24.5 Å². The number of nitrogens with one attached hydrogen (secondary N) is 4. The van der Waals surface area contributed by atoms with Gasteiger partial charge < -0.3 is 16.0 Å². The van der Waals surface area contributed by atoms with Crippen LogP contribution in [0.25, 0.3) is 0 Å². The molecule has 0 atom stereocenters. The van der Waals surface area contributed by atoms with Gasteiger partial charge >= 0.3 is 6.03 Å². The quantitative estimate of drug-likeness (QED) is 0.426. The molecule has 3 amide bonds. The summed E-state index contributed by atoms with van der Waals surface area (Å²) in [4.78, 5) is 40.2. The number of urea groups is 1. The third-order valence-electron chi connectivity index (χ3n) is 3.76. The molecule has 3 aromatic heterocycles. The van der Waals surface area contributed by atoms with Crippen molar-refractivity contribution in [3.05, 3.63) is 60.0 Å². The lowest BCUT2D eigenvalue weighted by Gasteiger charge is -2.14. The number of rotatable bonds is 7. The number of hydrogen-bond acceptors (Lipinski definition) is 7. The second-order valence-corrected chi connectivity index (χ2v) is 6.38. The largest absolute Gasteiger partial charge is 0.354 e. The maximum absolute atomic E-state index is 12.5. The number of halogens is 1. The summed E-state index contributed by atoms with van der Waals surface area (Å²) in [6.45, 7) is 2.30. The van der Waals surface area contributed by atoms with Crippen LogP contribution in [-0.2, 0) is 11.2 Å². The summed E-state index contributed by atoms with van der Waals surface area (Å²) in [5.41, 5.74) is 2.37. The van der Waals surface area contributed by atoms with Crippen LogP contribution in [0.2, 0.25) is 5.28 Å². The number of nitrogens with zero attached hydrogens (tertiary/aromatic N) is 4. The zero-order valence-electron chi connectivity index (χ0n) is 16.0. The summed E-state index contributed by atoms with van der Waals surface area (Å²) in [5.74, 6) is 0.0454. The molecule has 0 fully saturated rings. The average Bonchev–Trinajstić information content (AvgIpc) is 2.72. The predicted molar refractivity (Wildman–Crippen MR) is 114 cm³/mol. The second-order valence-electron chi connectivity index (χ2n) is 6.04. The highest BCUT2D eigenvalue weighted by Crippen LogP contribution is 2.24. The van der Waals surface area contributed by atoms with E-state index in [0.29, 0.717) is 29.3 Å². The van der Waals surface area contributed by atoms with Gasteiger partial charge in [-0.25, -0.2) is 19.7 Å². The third-order valence-corrected chi connectivity index (χ3v) is 3.96. The van der Waals surface area contributed by atoms with E-state index in [0.717, 1.165) is 5.69 Å². The molecule has 0 aliphatic carbocycles. The van der Waals surface area contributed by atoms with Crippen molar-refractivity contribution in [2.24, 2.45) is 0 Å². The van der Waals surface area contributed by atoms with Gasteiger partial charge in [0.2, 0.25) is 11.2 Å². The molecule has 11 heteroatoms. The van der Waals surface area contributed by atoms with Gasteiger partial charge in [-0.3, -0.25) is 15.1 Å². The van der Waals surface area contributed by atoms with Crippen molar-refractivity contribution in [3.8, 4) is 0 Å². The first kappa shape index (κ1) is 20.9. The molecule has 0 radical (unpaired) electrons. The zero-order chi connectivity index (χ0) is 21.3. The Bertz CT molecular complexity index is 1010. The standard InChI is InChI=1S/C19H19ClN8O2/c1-2-22-19(30)28-16-7-15(26-13-4-3-5-21-9-13)12(8-23-16)6-17(29)27-14-10-24-18(20)25-11-14/h3-5,7-11H,2,6H2,1H3,(H,27,29)(H3,22,23,26,28,30). The van der Waals surface area contributed by atoms with Crippen LogP contribution >= 0.6 is 11.6 Å². The molecule has 30 heavy (non-hydrogen) atoms. The van der Waals surface area contributed by atoms with Crippen molar-refractivity contribution in [1.29, 1.82) is 0 Å². The molecule has 0 bridgehead atoms. The minimum Gasteiger partial charge on any atom is -0.354 e. The lowest BCUT2D eigenvalue weighted by atomic mass is 10.1. The molecule has 0 saturated carbocycles. The first-order chi connectivity index (χ1) is 14.5. The first-order valence-electron chi connectivity index (χ1n) is 9.01. The van der Waals surface area contributed by atoms with Gasteiger partial charge in [-0.1, -0.05) is 0 Å². The maximum atomic E-state index is 12.5. The summed E-state index contributed by atoms with van der Waals surface area (Å²) in [6, 6.07) is 4.89. The smallest absolute Gasteiger partial charge is 0.320 e. The van der Waals surface area contributed by atoms with E-state index in [1.807, 2.05) is 13.0 Å². The fourth-order valence-electron chi connectivity index (χ4n) is 2.48. The van der Waals surface area contributed by atoms with E-state index in [9.17, 15) is 9.59 Å². The van der Waals surface area contributed by atoms with Crippen LogP contribution in [0, 0.1) is 0 Å². The number of carbonyl (C=O) groups excluding carboxylic acids is 2. The molecule has 3 heterocycles. The number of amides is 3. The Hall–Kier alpha value is -3.79. The topological polar surface area (TPSA) is 134 Å². The fraction of sp³-hybridized carbons (Fsp3) is 0.158. The molecule has 0 aromatic carbocycles. The summed E-state index contributed by atoms with van der Waals surface area (Å²) in [7, 11) is 0. The maximum Gasteiger partial charge on any atom is 0.320 e. The van der Waals surface area contributed by atoms with E-state index in [-0.39, 0.29) is 23.6 Å². The molecule has 0 saturated heterocycles. The highest BCUT2D eigenvalue weighted by molar-refractivity contribution is 6.28. The van der Waals surface area contributed by atoms with Gasteiger partial charge in [-0.05, 0) is 30.7 Å². The molecule has 4 N–H and O–H groups in total. The normalized spacial score (nSPS) is 10.2. The third kappa shape index (κ3) is 6.11. The van der Waals surface area contributed by atoms with Crippen LogP contribution in [0.1, 0.15) is 12.5 Å². The van der Waals surface area contributed by atoms with Crippen molar-refractivity contribution < 1.29 is 9.59 Å². The highest BCUT2D eigenvalue weighted by atomic mass is 35.5. The van der Waals surface area contributed by atoms with E-state index >= 15 is 0 Å². The van der Waals surface area contributed by atoms with Gasteiger partial charge in [0.05, 0.1) is 36.4 Å².